The van der Waals surface area contributed by atoms with Crippen molar-refractivity contribution in [3.63, 3.8) is 0 Å². The van der Waals surface area contributed by atoms with Gasteiger partial charge in [0.05, 0.1) is 25.8 Å². The van der Waals surface area contributed by atoms with Gasteiger partial charge in [0, 0.05) is 11.7 Å². The predicted octanol–water partition coefficient (Wildman–Crippen LogP) is 3.70. The quantitative estimate of drug-likeness (QED) is 0.644. The summed E-state index contributed by atoms with van der Waals surface area (Å²) < 4.78 is 9.83. The zero-order valence-electron chi connectivity index (χ0n) is 16.5. The largest absolute Gasteiger partial charge is 0.469 e. The van der Waals surface area contributed by atoms with E-state index in [4.69, 9.17) is 15.2 Å². The first-order chi connectivity index (χ1) is 13.0. The molecular weight excluding hydrogens is 344 g/mol. The summed E-state index contributed by atoms with van der Waals surface area (Å²) in [5.41, 5.74) is 10.4. The number of carbonyl (C=O) groups excluding carboxylic acids is 2. The molecule has 2 N–H and O–H groups in total. The highest BCUT2D eigenvalue weighted by molar-refractivity contribution is 5.91. The Kier molecular flexibility index (Phi) is 5.92. The van der Waals surface area contributed by atoms with E-state index < -0.39 is 0 Å². The molecule has 0 bridgehead atoms. The molecule has 1 saturated carbocycles. The number of hydrogen-bond acceptors (Lipinski definition) is 5. The molecule has 6 nitrogen and oxygen atoms in total. The van der Waals surface area contributed by atoms with Gasteiger partial charge >= 0.3 is 12.1 Å². The van der Waals surface area contributed by atoms with Crippen molar-refractivity contribution in [2.75, 3.05) is 24.9 Å². The Bertz CT molecular complexity index is 710. The maximum absolute atomic E-state index is 12.2. The molecular formula is C21H30N2O4. The molecule has 1 aliphatic heterocycles. The molecule has 1 atom stereocenters. The summed E-state index contributed by atoms with van der Waals surface area (Å²) in [5.74, 6) is 0.492. The summed E-state index contributed by atoms with van der Waals surface area (Å²) in [6, 6.07) is 4.16. The van der Waals surface area contributed by atoms with Crippen LogP contribution in [0.5, 0.6) is 0 Å². The van der Waals surface area contributed by atoms with Crippen LogP contribution in [0.25, 0.3) is 0 Å². The molecule has 0 unspecified atom stereocenters. The summed E-state index contributed by atoms with van der Waals surface area (Å²) in [5, 5.41) is 0. The number of nitrogens with two attached hydrogens (primary N) is 1. The third-order valence-electron chi connectivity index (χ3n) is 6.20. The third-order valence-corrected chi connectivity index (χ3v) is 6.20. The fourth-order valence-corrected chi connectivity index (χ4v) is 4.54. The molecule has 0 saturated heterocycles. The number of nitrogens with zero attached hydrogens (tertiary/aromatic N) is 1. The van der Waals surface area contributed by atoms with Crippen LogP contribution in [0.1, 0.15) is 50.2 Å². The molecule has 0 spiro atoms. The number of benzene rings is 1. The first kappa shape index (κ1) is 19.5. The average molecular weight is 374 g/mol. The third kappa shape index (κ3) is 3.89. The second kappa shape index (κ2) is 8.19. The van der Waals surface area contributed by atoms with E-state index in [2.05, 4.69) is 6.07 Å². The molecule has 1 aliphatic carbocycles. The van der Waals surface area contributed by atoms with Gasteiger partial charge in [0.25, 0.3) is 0 Å². The van der Waals surface area contributed by atoms with Gasteiger partial charge in [0.15, 0.2) is 0 Å². The van der Waals surface area contributed by atoms with Gasteiger partial charge in [-0.25, -0.2) is 4.79 Å². The molecule has 148 valence electrons. The van der Waals surface area contributed by atoms with Gasteiger partial charge in [-0.05, 0) is 75.0 Å². The van der Waals surface area contributed by atoms with Crippen molar-refractivity contribution in [1.82, 2.24) is 0 Å². The monoisotopic (exact) mass is 374 g/mol. The topological polar surface area (TPSA) is 81.9 Å². The number of carbonyl (C=O) groups is 2. The molecule has 3 rings (SSSR count). The lowest BCUT2D eigenvalue weighted by Crippen LogP contribution is -2.42. The van der Waals surface area contributed by atoms with Gasteiger partial charge in [-0.1, -0.05) is 6.07 Å². The number of anilines is 2. The van der Waals surface area contributed by atoms with Crippen LogP contribution in [0.15, 0.2) is 12.1 Å². The number of nitrogen functional groups attached to an aromatic ring is 1. The van der Waals surface area contributed by atoms with Crippen LogP contribution >= 0.6 is 0 Å². The van der Waals surface area contributed by atoms with Crippen molar-refractivity contribution in [3.05, 3.63) is 23.3 Å². The Morgan fingerprint density at radius 2 is 1.81 bits per heavy atom. The molecule has 6 heteroatoms. The number of fused-ring (bicyclic) bond motifs is 1. The molecule has 0 aromatic heterocycles. The second-order valence-electron chi connectivity index (χ2n) is 7.81. The molecule has 1 aromatic carbocycles. The minimum absolute atomic E-state index is 0.0437. The van der Waals surface area contributed by atoms with Crippen molar-refractivity contribution < 1.29 is 19.1 Å². The SMILES string of the molecule is COC(=O)C1CCC(Cc2ccc3c(c2N)CC[C@H](C)N3C(=O)OC)CC1. The second-order valence-corrected chi connectivity index (χ2v) is 7.81. The number of ether oxygens (including phenoxy) is 2. The zero-order valence-corrected chi connectivity index (χ0v) is 16.5. The van der Waals surface area contributed by atoms with Gasteiger partial charge < -0.3 is 15.2 Å². The van der Waals surface area contributed by atoms with Crippen molar-refractivity contribution in [3.8, 4) is 0 Å². The number of amides is 1. The highest BCUT2D eigenvalue weighted by atomic mass is 16.5. The van der Waals surface area contributed by atoms with Gasteiger partial charge in [0.1, 0.15) is 0 Å². The number of rotatable bonds is 3. The van der Waals surface area contributed by atoms with E-state index in [1.54, 1.807) is 4.90 Å². The van der Waals surface area contributed by atoms with Crippen LogP contribution in [0, 0.1) is 11.8 Å². The first-order valence-corrected chi connectivity index (χ1v) is 9.81. The average Bonchev–Trinajstić information content (AvgIpc) is 2.69. The number of methoxy groups -OCH3 is 2. The highest BCUT2D eigenvalue weighted by Crippen LogP contribution is 2.39. The van der Waals surface area contributed by atoms with E-state index in [1.807, 2.05) is 13.0 Å². The van der Waals surface area contributed by atoms with Crippen LogP contribution in [0.2, 0.25) is 0 Å². The van der Waals surface area contributed by atoms with Crippen LogP contribution in [0.3, 0.4) is 0 Å². The summed E-state index contributed by atoms with van der Waals surface area (Å²) in [7, 11) is 2.87. The number of esters is 1. The lowest BCUT2D eigenvalue weighted by atomic mass is 9.78. The molecule has 0 radical (unpaired) electrons. The van der Waals surface area contributed by atoms with E-state index in [0.717, 1.165) is 67.4 Å². The van der Waals surface area contributed by atoms with E-state index in [9.17, 15) is 9.59 Å². The maximum Gasteiger partial charge on any atom is 0.414 e. The Morgan fingerprint density at radius 3 is 2.44 bits per heavy atom. The molecule has 1 amide bonds. The Hall–Kier alpha value is -2.24. The molecule has 2 aliphatic rings. The Labute approximate surface area is 161 Å². The molecule has 1 aromatic rings. The van der Waals surface area contributed by atoms with E-state index in [1.165, 1.54) is 14.2 Å². The highest BCUT2D eigenvalue weighted by Gasteiger charge is 2.32. The summed E-state index contributed by atoms with van der Waals surface area (Å²) >= 11 is 0. The number of hydrogen-bond donors (Lipinski definition) is 1. The van der Waals surface area contributed by atoms with Gasteiger partial charge in [0.2, 0.25) is 0 Å². The lowest BCUT2D eigenvalue weighted by molar-refractivity contribution is -0.146. The standard InChI is InChI=1S/C21H30N2O4/c1-13-4-10-17-18(23(13)21(25)27-3)11-9-16(19(17)22)12-14-5-7-15(8-6-14)20(24)26-2/h9,11,13-15H,4-8,10,12,22H2,1-3H3/t13-,14?,15?/m0/s1. The fraction of sp³-hybridized carbons (Fsp3) is 0.619. The van der Waals surface area contributed by atoms with Crippen LogP contribution < -0.4 is 10.6 Å². The summed E-state index contributed by atoms with van der Waals surface area (Å²) in [4.78, 5) is 25.6. The van der Waals surface area contributed by atoms with Crippen LogP contribution in [-0.4, -0.2) is 32.3 Å². The van der Waals surface area contributed by atoms with Crippen molar-refractivity contribution >= 4 is 23.4 Å². The van der Waals surface area contributed by atoms with E-state index >= 15 is 0 Å². The predicted molar refractivity (Wildman–Crippen MR) is 105 cm³/mol. The normalized spacial score (nSPS) is 24.9. The Morgan fingerprint density at radius 1 is 1.11 bits per heavy atom. The van der Waals surface area contributed by atoms with Crippen LogP contribution in [0.4, 0.5) is 16.2 Å². The van der Waals surface area contributed by atoms with E-state index in [-0.39, 0.29) is 24.0 Å². The molecule has 27 heavy (non-hydrogen) atoms. The van der Waals surface area contributed by atoms with E-state index in [0.29, 0.717) is 5.92 Å². The van der Waals surface area contributed by atoms with Crippen molar-refractivity contribution in [2.24, 2.45) is 11.8 Å². The molecule has 1 fully saturated rings. The minimum Gasteiger partial charge on any atom is -0.469 e. The first-order valence-electron chi connectivity index (χ1n) is 9.81. The Balaban J connectivity index is 1.74. The summed E-state index contributed by atoms with van der Waals surface area (Å²) in [6.07, 6.45) is 6.13. The minimum atomic E-state index is -0.336. The van der Waals surface area contributed by atoms with Gasteiger partial charge in [-0.3, -0.25) is 9.69 Å². The fourth-order valence-electron chi connectivity index (χ4n) is 4.54. The maximum atomic E-state index is 12.2. The van der Waals surface area contributed by atoms with Gasteiger partial charge in [-0.2, -0.15) is 0 Å². The van der Waals surface area contributed by atoms with Crippen LogP contribution in [-0.2, 0) is 27.1 Å². The zero-order chi connectivity index (χ0) is 19.6. The van der Waals surface area contributed by atoms with Gasteiger partial charge in [-0.15, -0.1) is 0 Å². The summed E-state index contributed by atoms with van der Waals surface area (Å²) in [6.45, 7) is 2.03. The molecule has 1 heterocycles. The van der Waals surface area contributed by atoms with Crippen molar-refractivity contribution in [2.45, 2.75) is 57.9 Å². The lowest BCUT2D eigenvalue weighted by Gasteiger charge is -2.35. The van der Waals surface area contributed by atoms with Crippen molar-refractivity contribution in [1.29, 1.82) is 0 Å². The smallest absolute Gasteiger partial charge is 0.414 e.